The number of benzene rings is 1. The second-order valence-electron chi connectivity index (χ2n) is 4.66. The molecule has 2 N–H and O–H groups in total. The Hall–Kier alpha value is -1.20. The smallest absolute Gasteiger partial charge is 0.387 e. The van der Waals surface area contributed by atoms with Crippen molar-refractivity contribution in [3.05, 3.63) is 29.8 Å². The van der Waals surface area contributed by atoms with Crippen LogP contribution < -0.4 is 10.1 Å². The molecule has 0 aromatic heterocycles. The summed E-state index contributed by atoms with van der Waals surface area (Å²) < 4.78 is 28.6. The lowest BCUT2D eigenvalue weighted by molar-refractivity contribution is -0.0499. The summed E-state index contributed by atoms with van der Waals surface area (Å²) in [6.45, 7) is -0.836. The average molecular weight is 257 g/mol. The van der Waals surface area contributed by atoms with Gasteiger partial charge in [-0.15, -0.1) is 0 Å². The van der Waals surface area contributed by atoms with E-state index in [4.69, 9.17) is 0 Å². The maximum absolute atomic E-state index is 12.1. The molecule has 3 nitrogen and oxygen atoms in total. The topological polar surface area (TPSA) is 41.5 Å². The summed E-state index contributed by atoms with van der Waals surface area (Å²) in [5, 5.41) is 12.5. The van der Waals surface area contributed by atoms with Crippen LogP contribution in [0.5, 0.6) is 5.75 Å². The zero-order valence-corrected chi connectivity index (χ0v) is 10.1. The lowest BCUT2D eigenvalue weighted by Crippen LogP contribution is -2.45. The van der Waals surface area contributed by atoms with Crippen LogP contribution in [0.2, 0.25) is 0 Å². The van der Waals surface area contributed by atoms with Crippen molar-refractivity contribution >= 4 is 0 Å². The van der Waals surface area contributed by atoms with Crippen LogP contribution in [0, 0.1) is 0 Å². The van der Waals surface area contributed by atoms with Crippen LogP contribution in [0.3, 0.4) is 0 Å². The minimum absolute atomic E-state index is 0.0451. The van der Waals surface area contributed by atoms with Crippen molar-refractivity contribution in [2.75, 3.05) is 0 Å². The normalized spacial score (nSPS) is 24.7. The minimum atomic E-state index is -2.80. The van der Waals surface area contributed by atoms with Gasteiger partial charge in [-0.2, -0.15) is 8.78 Å². The van der Waals surface area contributed by atoms with E-state index in [1.807, 2.05) is 13.0 Å². The summed E-state index contributed by atoms with van der Waals surface area (Å²) in [7, 11) is 0. The highest BCUT2D eigenvalue weighted by atomic mass is 19.3. The van der Waals surface area contributed by atoms with Crippen LogP contribution >= 0.6 is 0 Å². The second-order valence-corrected chi connectivity index (χ2v) is 4.66. The first-order chi connectivity index (χ1) is 8.54. The lowest BCUT2D eigenvalue weighted by Gasteiger charge is -2.34. The van der Waals surface area contributed by atoms with Gasteiger partial charge in [-0.3, -0.25) is 0 Å². The third kappa shape index (κ3) is 3.40. The average Bonchev–Trinajstić information content (AvgIpc) is 2.26. The van der Waals surface area contributed by atoms with E-state index in [-0.39, 0.29) is 17.9 Å². The summed E-state index contributed by atoms with van der Waals surface area (Å²) in [5.41, 5.74) is 0.898. The number of aliphatic hydroxyl groups excluding tert-OH is 1. The SMILES string of the molecule is CC(NC1CC(O)C1)c1cccc(OC(F)F)c1. The van der Waals surface area contributed by atoms with Crippen LogP contribution in [-0.4, -0.2) is 23.9 Å². The number of alkyl halides is 2. The fourth-order valence-corrected chi connectivity index (χ4v) is 2.13. The van der Waals surface area contributed by atoms with E-state index < -0.39 is 6.61 Å². The largest absolute Gasteiger partial charge is 0.435 e. The van der Waals surface area contributed by atoms with Gasteiger partial charge in [0.2, 0.25) is 0 Å². The van der Waals surface area contributed by atoms with Crippen molar-refractivity contribution < 1.29 is 18.6 Å². The molecule has 0 bridgehead atoms. The van der Waals surface area contributed by atoms with Gasteiger partial charge >= 0.3 is 6.61 Å². The molecule has 1 aromatic carbocycles. The molecule has 100 valence electrons. The van der Waals surface area contributed by atoms with E-state index in [0.29, 0.717) is 6.04 Å². The molecular formula is C13H17F2NO2. The first-order valence-electron chi connectivity index (χ1n) is 6.03. The summed E-state index contributed by atoms with van der Waals surface area (Å²) in [6, 6.07) is 7.03. The van der Waals surface area contributed by atoms with Crippen LogP contribution in [0.25, 0.3) is 0 Å². The summed E-state index contributed by atoms with van der Waals surface area (Å²) in [5.74, 6) is 0.171. The Morgan fingerprint density at radius 1 is 1.39 bits per heavy atom. The zero-order valence-electron chi connectivity index (χ0n) is 10.1. The molecule has 1 aliphatic rings. The van der Waals surface area contributed by atoms with E-state index in [0.717, 1.165) is 18.4 Å². The van der Waals surface area contributed by atoms with Crippen LogP contribution in [0.4, 0.5) is 8.78 Å². The van der Waals surface area contributed by atoms with Gasteiger partial charge in [0.25, 0.3) is 0 Å². The maximum atomic E-state index is 12.1. The first-order valence-corrected chi connectivity index (χ1v) is 6.03. The molecule has 1 unspecified atom stereocenters. The Bertz CT molecular complexity index is 394. The Morgan fingerprint density at radius 2 is 2.11 bits per heavy atom. The van der Waals surface area contributed by atoms with Crippen molar-refractivity contribution in [1.29, 1.82) is 0 Å². The fourth-order valence-electron chi connectivity index (χ4n) is 2.13. The number of hydrogen-bond acceptors (Lipinski definition) is 3. The molecule has 1 fully saturated rings. The Balaban J connectivity index is 1.94. The maximum Gasteiger partial charge on any atom is 0.387 e. The molecule has 0 spiro atoms. The summed E-state index contributed by atoms with van der Waals surface area (Å²) in [4.78, 5) is 0. The lowest BCUT2D eigenvalue weighted by atomic mass is 9.88. The van der Waals surface area contributed by atoms with Gasteiger partial charge in [-0.05, 0) is 37.5 Å². The highest BCUT2D eigenvalue weighted by Gasteiger charge is 2.28. The van der Waals surface area contributed by atoms with E-state index >= 15 is 0 Å². The van der Waals surface area contributed by atoms with E-state index in [1.165, 1.54) is 6.07 Å². The molecular weight excluding hydrogens is 240 g/mol. The highest BCUT2D eigenvalue weighted by Crippen LogP contribution is 2.25. The molecule has 18 heavy (non-hydrogen) atoms. The van der Waals surface area contributed by atoms with Crippen molar-refractivity contribution in [1.82, 2.24) is 5.32 Å². The van der Waals surface area contributed by atoms with Gasteiger partial charge in [-0.1, -0.05) is 12.1 Å². The number of rotatable bonds is 5. The zero-order chi connectivity index (χ0) is 13.1. The number of aliphatic hydroxyl groups is 1. The first kappa shape index (κ1) is 13.2. The highest BCUT2D eigenvalue weighted by molar-refractivity contribution is 5.30. The monoisotopic (exact) mass is 257 g/mol. The molecule has 1 aromatic rings. The molecule has 0 amide bonds. The molecule has 1 saturated carbocycles. The van der Waals surface area contributed by atoms with Crippen molar-refractivity contribution in [2.45, 2.75) is 44.6 Å². The van der Waals surface area contributed by atoms with Crippen LogP contribution in [-0.2, 0) is 0 Å². The molecule has 1 atom stereocenters. The summed E-state index contributed by atoms with van der Waals surface area (Å²) in [6.07, 6.45) is 1.29. The Kier molecular flexibility index (Phi) is 4.14. The fraction of sp³-hybridized carbons (Fsp3) is 0.538. The molecule has 0 aliphatic heterocycles. The Morgan fingerprint density at radius 3 is 2.72 bits per heavy atom. The van der Waals surface area contributed by atoms with Crippen LogP contribution in [0.1, 0.15) is 31.4 Å². The van der Waals surface area contributed by atoms with Gasteiger partial charge in [0.05, 0.1) is 6.10 Å². The standard InChI is InChI=1S/C13H17F2NO2/c1-8(16-10-6-11(17)7-10)9-3-2-4-12(5-9)18-13(14)15/h2-5,8,10-11,13,16-17H,6-7H2,1H3. The molecule has 2 rings (SSSR count). The molecule has 5 heteroatoms. The predicted molar refractivity (Wildman–Crippen MR) is 63.7 cm³/mol. The quantitative estimate of drug-likeness (QED) is 0.851. The van der Waals surface area contributed by atoms with Gasteiger partial charge in [0.15, 0.2) is 0 Å². The molecule has 1 aliphatic carbocycles. The van der Waals surface area contributed by atoms with E-state index in [1.54, 1.807) is 12.1 Å². The molecule has 0 heterocycles. The second kappa shape index (κ2) is 5.63. The van der Waals surface area contributed by atoms with Gasteiger partial charge < -0.3 is 15.2 Å². The third-order valence-electron chi connectivity index (χ3n) is 3.18. The molecule has 0 radical (unpaired) electrons. The number of hydrogen-bond donors (Lipinski definition) is 2. The van der Waals surface area contributed by atoms with E-state index in [2.05, 4.69) is 10.1 Å². The third-order valence-corrected chi connectivity index (χ3v) is 3.18. The number of halogens is 2. The van der Waals surface area contributed by atoms with Crippen LogP contribution in [0.15, 0.2) is 24.3 Å². The summed E-state index contributed by atoms with van der Waals surface area (Å²) >= 11 is 0. The number of ether oxygens (including phenoxy) is 1. The number of nitrogens with one attached hydrogen (secondary N) is 1. The molecule has 0 saturated heterocycles. The predicted octanol–water partition coefficient (Wildman–Crippen LogP) is 2.46. The van der Waals surface area contributed by atoms with Crippen molar-refractivity contribution in [3.63, 3.8) is 0 Å². The minimum Gasteiger partial charge on any atom is -0.435 e. The van der Waals surface area contributed by atoms with Gasteiger partial charge in [-0.25, -0.2) is 0 Å². The van der Waals surface area contributed by atoms with Crippen molar-refractivity contribution in [2.24, 2.45) is 0 Å². The Labute approximate surface area is 105 Å². The van der Waals surface area contributed by atoms with Gasteiger partial charge in [0.1, 0.15) is 5.75 Å². The van der Waals surface area contributed by atoms with E-state index in [9.17, 15) is 13.9 Å². The van der Waals surface area contributed by atoms with Crippen molar-refractivity contribution in [3.8, 4) is 5.75 Å². The van der Waals surface area contributed by atoms with Gasteiger partial charge in [0, 0.05) is 12.1 Å².